The molecule has 134 valence electrons. The monoisotopic (exact) mass is 365 g/mol. The molecule has 2 fully saturated rings. The molecule has 0 radical (unpaired) electrons. The van der Waals surface area contributed by atoms with Gasteiger partial charge in [0, 0.05) is 17.6 Å². The van der Waals surface area contributed by atoms with Crippen molar-refractivity contribution in [1.82, 2.24) is 19.9 Å². The largest absolute Gasteiger partial charge is 0.353 e. The molecule has 0 atom stereocenters. The van der Waals surface area contributed by atoms with Gasteiger partial charge >= 0.3 is 0 Å². The first-order valence-corrected chi connectivity index (χ1v) is 10.3. The van der Waals surface area contributed by atoms with Crippen LogP contribution in [0.5, 0.6) is 0 Å². The summed E-state index contributed by atoms with van der Waals surface area (Å²) in [6, 6.07) is 7.17. The topological polar surface area (TPSA) is 53.9 Å². The zero-order chi connectivity index (χ0) is 17.3. The van der Waals surface area contributed by atoms with Crippen LogP contribution in [0, 0.1) is 0 Å². The van der Waals surface area contributed by atoms with Crippen LogP contribution in [0.15, 0.2) is 36.9 Å². The highest BCUT2D eigenvalue weighted by Crippen LogP contribution is 2.43. The number of thiazole rings is 1. The van der Waals surface area contributed by atoms with Gasteiger partial charge in [0.25, 0.3) is 0 Å². The van der Waals surface area contributed by atoms with Gasteiger partial charge in [-0.15, -0.1) is 11.3 Å². The maximum absolute atomic E-state index is 4.91. The molecule has 1 N–H and O–H groups in total. The fourth-order valence-electron chi connectivity index (χ4n) is 4.10. The molecule has 0 amide bonds. The summed E-state index contributed by atoms with van der Waals surface area (Å²) in [5.41, 5.74) is 3.07. The normalized spacial score (nSPS) is 23.7. The van der Waals surface area contributed by atoms with E-state index in [1.54, 1.807) is 18.7 Å². The minimum atomic E-state index is 0.651. The Hall–Kier alpha value is -2.05. The summed E-state index contributed by atoms with van der Waals surface area (Å²) in [7, 11) is 0. The average molecular weight is 366 g/mol. The number of aromatic nitrogens is 3. The third-order valence-corrected chi connectivity index (χ3v) is 6.80. The number of nitrogens with one attached hydrogen (secondary N) is 1. The zero-order valence-corrected chi connectivity index (χ0v) is 15.6. The minimum Gasteiger partial charge on any atom is -0.353 e. The summed E-state index contributed by atoms with van der Waals surface area (Å²) in [4.78, 5) is 15.7. The lowest BCUT2D eigenvalue weighted by Crippen LogP contribution is -2.46. The summed E-state index contributed by atoms with van der Waals surface area (Å²) in [5.74, 6) is 0.651. The van der Waals surface area contributed by atoms with E-state index in [9.17, 15) is 0 Å². The Labute approximate surface area is 157 Å². The predicted octanol–water partition coefficient (Wildman–Crippen LogP) is 4.56. The number of anilines is 2. The molecule has 2 aromatic heterocycles. The van der Waals surface area contributed by atoms with Gasteiger partial charge in [-0.2, -0.15) is 0 Å². The molecule has 5 rings (SSSR count). The molecule has 3 aromatic rings. The van der Waals surface area contributed by atoms with Gasteiger partial charge in [0.1, 0.15) is 6.33 Å². The molecule has 2 aliphatic rings. The van der Waals surface area contributed by atoms with E-state index in [0.29, 0.717) is 5.92 Å². The highest BCUT2D eigenvalue weighted by Gasteiger charge is 2.36. The summed E-state index contributed by atoms with van der Waals surface area (Å²) in [6.45, 7) is 2.60. The maximum atomic E-state index is 4.91. The van der Waals surface area contributed by atoms with Crippen molar-refractivity contribution in [2.45, 2.75) is 44.1 Å². The fourth-order valence-corrected chi connectivity index (χ4v) is 5.23. The molecule has 1 aromatic carbocycles. The quantitative estimate of drug-likeness (QED) is 0.734. The number of likely N-dealkylation sites (tertiary alicyclic amines) is 1. The first kappa shape index (κ1) is 16.1. The molecule has 5 nitrogen and oxygen atoms in total. The number of rotatable bonds is 4. The van der Waals surface area contributed by atoms with Crippen molar-refractivity contribution in [2.75, 3.05) is 18.4 Å². The van der Waals surface area contributed by atoms with Crippen molar-refractivity contribution in [2.24, 2.45) is 0 Å². The number of piperidine rings is 1. The van der Waals surface area contributed by atoms with Crippen molar-refractivity contribution in [1.29, 1.82) is 0 Å². The molecular weight excluding hydrogens is 342 g/mol. The molecule has 0 bridgehead atoms. The number of fused-ring (bicyclic) bond motifs is 1. The molecule has 0 unspecified atom stereocenters. The van der Waals surface area contributed by atoms with Crippen molar-refractivity contribution < 1.29 is 0 Å². The molecule has 26 heavy (non-hydrogen) atoms. The van der Waals surface area contributed by atoms with Gasteiger partial charge < -0.3 is 10.2 Å². The van der Waals surface area contributed by atoms with Crippen LogP contribution in [0.1, 0.15) is 43.0 Å². The van der Waals surface area contributed by atoms with E-state index in [2.05, 4.69) is 38.4 Å². The standard InChI is InChI=1S/C20H23N5S/c1-2-6-25(7-3-1)17-8-14(9-17)20-24-18-5-4-15(10-19(18)26-20)23-16-11-21-13-22-12-16/h4-5,10-14,17,23H,1-3,6-9H2. The van der Waals surface area contributed by atoms with E-state index in [4.69, 9.17) is 4.98 Å². The van der Waals surface area contributed by atoms with Crippen molar-refractivity contribution in [3.63, 3.8) is 0 Å². The van der Waals surface area contributed by atoms with Crippen LogP contribution in [-0.2, 0) is 0 Å². The molecule has 1 aliphatic heterocycles. The zero-order valence-electron chi connectivity index (χ0n) is 14.8. The van der Waals surface area contributed by atoms with Gasteiger partial charge in [-0.3, -0.25) is 0 Å². The van der Waals surface area contributed by atoms with E-state index in [0.717, 1.165) is 22.9 Å². The van der Waals surface area contributed by atoms with Gasteiger partial charge in [0.2, 0.25) is 0 Å². The molecule has 1 saturated heterocycles. The van der Waals surface area contributed by atoms with E-state index < -0.39 is 0 Å². The lowest BCUT2D eigenvalue weighted by Gasteiger charge is -2.43. The van der Waals surface area contributed by atoms with Crippen LogP contribution in [0.3, 0.4) is 0 Å². The second-order valence-corrected chi connectivity index (χ2v) is 8.47. The van der Waals surface area contributed by atoms with Crippen LogP contribution >= 0.6 is 11.3 Å². The Morgan fingerprint density at radius 2 is 1.81 bits per heavy atom. The number of nitrogens with zero attached hydrogens (tertiary/aromatic N) is 4. The second-order valence-electron chi connectivity index (χ2n) is 7.41. The third kappa shape index (κ3) is 3.19. The molecule has 1 aliphatic carbocycles. The fraction of sp³-hybridized carbons (Fsp3) is 0.450. The van der Waals surface area contributed by atoms with Gasteiger partial charge in [0.05, 0.1) is 33.3 Å². The lowest BCUT2D eigenvalue weighted by molar-refractivity contribution is 0.0888. The Kier molecular flexibility index (Phi) is 4.30. The first-order chi connectivity index (χ1) is 12.8. The summed E-state index contributed by atoms with van der Waals surface area (Å²) in [5, 5.41) is 4.67. The summed E-state index contributed by atoms with van der Waals surface area (Å²) >= 11 is 1.85. The SMILES string of the molecule is c1ncc(Nc2ccc3nc(C4CC(N5CCCCC5)C4)sc3c2)cn1. The lowest BCUT2D eigenvalue weighted by atomic mass is 9.79. The molecule has 1 saturated carbocycles. The van der Waals surface area contributed by atoms with Gasteiger partial charge in [-0.05, 0) is 57.0 Å². The van der Waals surface area contributed by atoms with Crippen LogP contribution < -0.4 is 5.32 Å². The Morgan fingerprint density at radius 3 is 2.62 bits per heavy atom. The Morgan fingerprint density at radius 1 is 1.00 bits per heavy atom. The summed E-state index contributed by atoms with van der Waals surface area (Å²) in [6.07, 6.45) is 11.8. The van der Waals surface area contributed by atoms with Crippen LogP contribution in [0.2, 0.25) is 0 Å². The van der Waals surface area contributed by atoms with Gasteiger partial charge in [-0.1, -0.05) is 6.42 Å². The third-order valence-electron chi connectivity index (χ3n) is 5.62. The van der Waals surface area contributed by atoms with Crippen LogP contribution in [-0.4, -0.2) is 39.0 Å². The van der Waals surface area contributed by atoms with Gasteiger partial charge in [0.15, 0.2) is 0 Å². The van der Waals surface area contributed by atoms with E-state index in [1.807, 2.05) is 11.3 Å². The number of hydrogen-bond donors (Lipinski definition) is 1. The molecular formula is C20H23N5S. The van der Waals surface area contributed by atoms with E-state index in [-0.39, 0.29) is 0 Å². The highest BCUT2D eigenvalue weighted by atomic mass is 32.1. The molecule has 3 heterocycles. The summed E-state index contributed by atoms with van der Waals surface area (Å²) < 4.78 is 1.25. The molecule has 0 spiro atoms. The second kappa shape index (κ2) is 6.93. The Bertz CT molecular complexity index is 882. The van der Waals surface area contributed by atoms with E-state index in [1.165, 1.54) is 54.9 Å². The van der Waals surface area contributed by atoms with Crippen LogP contribution in [0.4, 0.5) is 11.4 Å². The Balaban J connectivity index is 1.28. The first-order valence-electron chi connectivity index (χ1n) is 9.52. The highest BCUT2D eigenvalue weighted by molar-refractivity contribution is 7.18. The maximum Gasteiger partial charge on any atom is 0.115 e. The predicted molar refractivity (Wildman–Crippen MR) is 106 cm³/mol. The van der Waals surface area contributed by atoms with E-state index >= 15 is 0 Å². The number of hydrogen-bond acceptors (Lipinski definition) is 6. The van der Waals surface area contributed by atoms with Crippen LogP contribution in [0.25, 0.3) is 10.2 Å². The number of benzene rings is 1. The smallest absolute Gasteiger partial charge is 0.115 e. The van der Waals surface area contributed by atoms with Crippen molar-refractivity contribution in [3.05, 3.63) is 41.9 Å². The molecule has 6 heteroatoms. The average Bonchev–Trinajstić information content (AvgIpc) is 3.05. The van der Waals surface area contributed by atoms with Gasteiger partial charge in [-0.25, -0.2) is 15.0 Å². The van der Waals surface area contributed by atoms with Crippen molar-refractivity contribution >= 4 is 32.9 Å². The minimum absolute atomic E-state index is 0.651. The van der Waals surface area contributed by atoms with Crippen molar-refractivity contribution in [3.8, 4) is 0 Å².